The SMILES string of the molecule is Cc1ccc(NC(=O)[C@@H](C)OC(=O)c2ccc(CS(C)(=O)=O)cc2)cc1. The second kappa shape index (κ2) is 8.14. The van der Waals surface area contributed by atoms with Gasteiger partial charge in [-0.25, -0.2) is 13.2 Å². The van der Waals surface area contributed by atoms with Crippen molar-refractivity contribution in [2.24, 2.45) is 0 Å². The molecule has 1 amide bonds. The molecule has 0 spiro atoms. The molecule has 6 nitrogen and oxygen atoms in total. The highest BCUT2D eigenvalue weighted by Crippen LogP contribution is 2.12. The molecule has 7 heteroatoms. The average molecular weight is 375 g/mol. The summed E-state index contributed by atoms with van der Waals surface area (Å²) < 4.78 is 27.7. The van der Waals surface area contributed by atoms with E-state index in [0.717, 1.165) is 11.8 Å². The van der Waals surface area contributed by atoms with Gasteiger partial charge in [-0.3, -0.25) is 4.79 Å². The van der Waals surface area contributed by atoms with Gasteiger partial charge in [-0.2, -0.15) is 0 Å². The molecular weight excluding hydrogens is 354 g/mol. The molecule has 0 bridgehead atoms. The number of hydrogen-bond donors (Lipinski definition) is 1. The number of rotatable bonds is 6. The van der Waals surface area contributed by atoms with Gasteiger partial charge in [0.15, 0.2) is 15.9 Å². The Kier molecular flexibility index (Phi) is 6.15. The molecule has 0 saturated heterocycles. The summed E-state index contributed by atoms with van der Waals surface area (Å²) in [6.07, 6.45) is 0.170. The van der Waals surface area contributed by atoms with Crippen LogP contribution in [0.1, 0.15) is 28.4 Å². The second-order valence-electron chi connectivity index (χ2n) is 6.17. The summed E-state index contributed by atoms with van der Waals surface area (Å²) >= 11 is 0. The smallest absolute Gasteiger partial charge is 0.338 e. The third-order valence-electron chi connectivity index (χ3n) is 3.59. The van der Waals surface area contributed by atoms with Gasteiger partial charge >= 0.3 is 5.97 Å². The van der Waals surface area contributed by atoms with Gasteiger partial charge in [-0.1, -0.05) is 29.8 Å². The Morgan fingerprint density at radius 3 is 2.15 bits per heavy atom. The van der Waals surface area contributed by atoms with Crippen LogP contribution < -0.4 is 5.32 Å². The van der Waals surface area contributed by atoms with Crippen LogP contribution in [-0.2, 0) is 25.1 Å². The lowest BCUT2D eigenvalue weighted by Gasteiger charge is -2.14. The number of carbonyl (C=O) groups excluding carboxylic acids is 2. The monoisotopic (exact) mass is 375 g/mol. The van der Waals surface area contributed by atoms with E-state index in [0.29, 0.717) is 11.3 Å². The maximum atomic E-state index is 12.1. The summed E-state index contributed by atoms with van der Waals surface area (Å²) in [6.45, 7) is 3.43. The number of benzene rings is 2. The first kappa shape index (κ1) is 19.7. The maximum Gasteiger partial charge on any atom is 0.338 e. The topological polar surface area (TPSA) is 89.5 Å². The van der Waals surface area contributed by atoms with Gasteiger partial charge in [0.05, 0.1) is 11.3 Å². The van der Waals surface area contributed by atoms with Crippen molar-refractivity contribution in [1.82, 2.24) is 0 Å². The molecule has 2 rings (SSSR count). The van der Waals surface area contributed by atoms with E-state index >= 15 is 0 Å². The molecule has 2 aromatic carbocycles. The summed E-state index contributed by atoms with van der Waals surface area (Å²) in [5.74, 6) is -1.18. The van der Waals surface area contributed by atoms with Gasteiger partial charge in [0.25, 0.3) is 5.91 Å². The van der Waals surface area contributed by atoms with Crippen LogP contribution in [0.4, 0.5) is 5.69 Å². The van der Waals surface area contributed by atoms with Crippen molar-refractivity contribution in [3.8, 4) is 0 Å². The first-order valence-corrected chi connectivity index (χ1v) is 10.1. The lowest BCUT2D eigenvalue weighted by Crippen LogP contribution is -2.30. The first-order chi connectivity index (χ1) is 12.1. The van der Waals surface area contributed by atoms with E-state index in [-0.39, 0.29) is 11.3 Å². The average Bonchev–Trinajstić information content (AvgIpc) is 2.56. The Hall–Kier alpha value is -2.67. The number of anilines is 1. The zero-order valence-electron chi connectivity index (χ0n) is 14.9. The molecule has 0 unspecified atom stereocenters. The summed E-state index contributed by atoms with van der Waals surface area (Å²) in [6, 6.07) is 13.3. The molecule has 0 aromatic heterocycles. The molecule has 0 aliphatic rings. The predicted molar refractivity (Wildman–Crippen MR) is 99.7 cm³/mol. The fraction of sp³-hybridized carbons (Fsp3) is 0.263. The molecule has 1 N–H and O–H groups in total. The second-order valence-corrected chi connectivity index (χ2v) is 8.31. The Balaban J connectivity index is 1.95. The number of esters is 1. The highest BCUT2D eigenvalue weighted by Gasteiger charge is 2.19. The van der Waals surface area contributed by atoms with Gasteiger partial charge in [-0.05, 0) is 43.7 Å². The standard InChI is InChI=1S/C19H21NO5S/c1-13-4-10-17(11-5-13)20-18(21)14(2)25-19(22)16-8-6-15(7-9-16)12-26(3,23)24/h4-11,14H,12H2,1-3H3,(H,20,21)/t14-/m1/s1. The number of amides is 1. The van der Waals surface area contributed by atoms with E-state index in [1.807, 2.05) is 19.1 Å². The molecule has 0 aliphatic heterocycles. The minimum Gasteiger partial charge on any atom is -0.449 e. The third kappa shape index (κ3) is 6.00. The molecule has 26 heavy (non-hydrogen) atoms. The van der Waals surface area contributed by atoms with Crippen LogP contribution in [0.5, 0.6) is 0 Å². The quantitative estimate of drug-likeness (QED) is 0.784. The fourth-order valence-electron chi connectivity index (χ4n) is 2.20. The van der Waals surface area contributed by atoms with Crippen LogP contribution in [0.15, 0.2) is 48.5 Å². The van der Waals surface area contributed by atoms with Crippen molar-refractivity contribution in [2.75, 3.05) is 11.6 Å². The number of carbonyl (C=O) groups is 2. The van der Waals surface area contributed by atoms with E-state index in [2.05, 4.69) is 5.32 Å². The van der Waals surface area contributed by atoms with Crippen LogP contribution in [0.2, 0.25) is 0 Å². The normalized spacial score (nSPS) is 12.3. The van der Waals surface area contributed by atoms with Crippen molar-refractivity contribution in [2.45, 2.75) is 25.7 Å². The molecule has 0 saturated carbocycles. The molecule has 0 fully saturated rings. The van der Waals surface area contributed by atoms with Gasteiger partial charge in [-0.15, -0.1) is 0 Å². The molecule has 1 atom stereocenters. The highest BCUT2D eigenvalue weighted by molar-refractivity contribution is 7.89. The molecular formula is C19H21NO5S. The van der Waals surface area contributed by atoms with Crippen LogP contribution >= 0.6 is 0 Å². The molecule has 138 valence electrons. The minimum atomic E-state index is -3.14. The Morgan fingerprint density at radius 1 is 1.04 bits per heavy atom. The van der Waals surface area contributed by atoms with Crippen molar-refractivity contribution < 1.29 is 22.7 Å². The van der Waals surface area contributed by atoms with Crippen molar-refractivity contribution in [1.29, 1.82) is 0 Å². The third-order valence-corrected chi connectivity index (χ3v) is 4.45. The van der Waals surface area contributed by atoms with E-state index < -0.39 is 27.8 Å². The van der Waals surface area contributed by atoms with Crippen LogP contribution in [-0.4, -0.2) is 32.7 Å². The highest BCUT2D eigenvalue weighted by atomic mass is 32.2. The summed E-state index contributed by atoms with van der Waals surface area (Å²) in [7, 11) is -3.14. The molecule has 2 aromatic rings. The maximum absolute atomic E-state index is 12.1. The zero-order chi connectivity index (χ0) is 19.3. The lowest BCUT2D eigenvalue weighted by molar-refractivity contribution is -0.123. The van der Waals surface area contributed by atoms with E-state index in [1.54, 1.807) is 24.3 Å². The van der Waals surface area contributed by atoms with Crippen molar-refractivity contribution in [3.63, 3.8) is 0 Å². The predicted octanol–water partition coefficient (Wildman–Crippen LogP) is 2.72. The van der Waals surface area contributed by atoms with Gasteiger partial charge < -0.3 is 10.1 Å². The summed E-state index contributed by atoms with van der Waals surface area (Å²) in [4.78, 5) is 24.3. The fourth-order valence-corrected chi connectivity index (χ4v) is 3.00. The zero-order valence-corrected chi connectivity index (χ0v) is 15.7. The first-order valence-electron chi connectivity index (χ1n) is 7.99. The van der Waals surface area contributed by atoms with Gasteiger partial charge in [0.2, 0.25) is 0 Å². The van der Waals surface area contributed by atoms with Crippen LogP contribution in [0.25, 0.3) is 0 Å². The Labute approximate surface area is 153 Å². The van der Waals surface area contributed by atoms with Gasteiger partial charge in [0.1, 0.15) is 0 Å². The summed E-state index contributed by atoms with van der Waals surface area (Å²) in [5, 5.41) is 2.68. The summed E-state index contributed by atoms with van der Waals surface area (Å²) in [5.41, 5.74) is 2.52. The largest absolute Gasteiger partial charge is 0.449 e. The Bertz CT molecular complexity index is 887. The number of aryl methyl sites for hydroxylation is 1. The van der Waals surface area contributed by atoms with Crippen molar-refractivity contribution in [3.05, 3.63) is 65.2 Å². The van der Waals surface area contributed by atoms with Gasteiger partial charge in [0, 0.05) is 11.9 Å². The molecule has 0 heterocycles. The number of hydrogen-bond acceptors (Lipinski definition) is 5. The van der Waals surface area contributed by atoms with E-state index in [1.165, 1.54) is 19.1 Å². The van der Waals surface area contributed by atoms with Crippen LogP contribution in [0, 0.1) is 6.92 Å². The van der Waals surface area contributed by atoms with E-state index in [4.69, 9.17) is 4.74 Å². The number of nitrogens with one attached hydrogen (secondary N) is 1. The number of sulfone groups is 1. The number of ether oxygens (including phenoxy) is 1. The Morgan fingerprint density at radius 2 is 1.62 bits per heavy atom. The lowest BCUT2D eigenvalue weighted by atomic mass is 10.1. The van der Waals surface area contributed by atoms with Crippen molar-refractivity contribution >= 4 is 27.4 Å². The molecule has 0 aliphatic carbocycles. The van der Waals surface area contributed by atoms with E-state index in [9.17, 15) is 18.0 Å². The molecule has 0 radical (unpaired) electrons. The minimum absolute atomic E-state index is 0.0995. The van der Waals surface area contributed by atoms with Crippen LogP contribution in [0.3, 0.4) is 0 Å².